The predicted molar refractivity (Wildman–Crippen MR) is 182 cm³/mol. The Morgan fingerprint density at radius 3 is 1.79 bits per heavy atom. The Morgan fingerprint density at radius 1 is 0.548 bits per heavy atom. The summed E-state index contributed by atoms with van der Waals surface area (Å²) in [6.45, 7) is 6.11. The molecule has 0 aliphatic carbocycles. The molecule has 1 heterocycles. The molecule has 1 aromatic heterocycles. The average molecular weight is 537 g/mol. The summed E-state index contributed by atoms with van der Waals surface area (Å²) in [5.74, 6) is 0. The number of fused-ring (bicyclic) bond motifs is 6. The Bertz CT molecular complexity index is 2320. The smallest absolute Gasteiger partial charge is 0.143 e. The predicted octanol–water partition coefficient (Wildman–Crippen LogP) is 12.1. The zero-order chi connectivity index (χ0) is 28.2. The monoisotopic (exact) mass is 536 g/mol. The molecule has 1 heteroatoms. The lowest BCUT2D eigenvalue weighted by Crippen LogP contribution is -1.91. The Labute approximate surface area is 244 Å². The molecule has 0 saturated carbocycles. The Hall–Kier alpha value is -5.40. The van der Waals surface area contributed by atoms with Crippen molar-refractivity contribution in [1.82, 2.24) is 0 Å². The minimum Gasteiger partial charge on any atom is -0.455 e. The third-order valence-corrected chi connectivity index (χ3v) is 8.52. The summed E-state index contributed by atoms with van der Waals surface area (Å²) in [5, 5.41) is 9.72. The molecule has 8 rings (SSSR count). The summed E-state index contributed by atoms with van der Waals surface area (Å²) < 4.78 is 6.43. The molecule has 0 N–H and O–H groups in total. The van der Waals surface area contributed by atoms with E-state index in [0.717, 1.165) is 33.1 Å². The van der Waals surface area contributed by atoms with Crippen LogP contribution in [0, 0.1) is 0 Å². The third-order valence-electron chi connectivity index (χ3n) is 8.52. The van der Waals surface area contributed by atoms with Crippen LogP contribution in [0.3, 0.4) is 0 Å². The van der Waals surface area contributed by atoms with E-state index in [1.165, 1.54) is 54.6 Å². The maximum atomic E-state index is 6.43. The molecular formula is C41H28O. The standard InChI is InChI=1S/C41H28O/c1-3-11-27-20-22-36-37-25-30(21-23-38(37)42-41(36)31(27)4-2)40-34-16-9-7-14-32(34)39(33-15-8-10-17-35(33)40)29-19-18-26-12-5-6-13-28(26)24-29/h3-25H,2H2,1H3/b11-3-. The lowest BCUT2D eigenvalue weighted by atomic mass is 9.85. The van der Waals surface area contributed by atoms with Gasteiger partial charge in [0.05, 0.1) is 0 Å². The van der Waals surface area contributed by atoms with Gasteiger partial charge >= 0.3 is 0 Å². The number of allylic oxidation sites excluding steroid dienone is 1. The maximum Gasteiger partial charge on any atom is 0.143 e. The van der Waals surface area contributed by atoms with E-state index < -0.39 is 0 Å². The van der Waals surface area contributed by atoms with Crippen molar-refractivity contribution in [2.45, 2.75) is 6.92 Å². The zero-order valence-electron chi connectivity index (χ0n) is 23.4. The molecular weight excluding hydrogens is 508 g/mol. The molecule has 0 saturated heterocycles. The molecule has 0 radical (unpaired) electrons. The summed E-state index contributed by atoms with van der Waals surface area (Å²) in [6, 6.07) is 44.0. The van der Waals surface area contributed by atoms with E-state index in [4.69, 9.17) is 4.42 Å². The first-order valence-electron chi connectivity index (χ1n) is 14.4. The Kier molecular flexibility index (Phi) is 5.58. The highest BCUT2D eigenvalue weighted by molar-refractivity contribution is 6.22. The van der Waals surface area contributed by atoms with Gasteiger partial charge in [-0.05, 0) is 91.3 Å². The molecule has 0 aliphatic heterocycles. The molecule has 7 aromatic carbocycles. The van der Waals surface area contributed by atoms with E-state index in [9.17, 15) is 0 Å². The van der Waals surface area contributed by atoms with E-state index in [1.54, 1.807) is 0 Å². The summed E-state index contributed by atoms with van der Waals surface area (Å²) in [6.07, 6.45) is 6.05. The van der Waals surface area contributed by atoms with Crippen LogP contribution in [0.25, 0.3) is 88.7 Å². The van der Waals surface area contributed by atoms with Crippen molar-refractivity contribution in [3.05, 3.63) is 145 Å². The number of hydrogen-bond donors (Lipinski definition) is 0. The molecule has 198 valence electrons. The van der Waals surface area contributed by atoms with Crippen LogP contribution in [0.2, 0.25) is 0 Å². The summed E-state index contributed by atoms with van der Waals surface area (Å²) in [7, 11) is 0. The Morgan fingerprint density at radius 2 is 1.14 bits per heavy atom. The molecule has 0 spiro atoms. The van der Waals surface area contributed by atoms with Crippen molar-refractivity contribution < 1.29 is 4.42 Å². The van der Waals surface area contributed by atoms with Gasteiger partial charge in [0.2, 0.25) is 0 Å². The lowest BCUT2D eigenvalue weighted by molar-refractivity contribution is 0.668. The fourth-order valence-electron chi connectivity index (χ4n) is 6.66. The van der Waals surface area contributed by atoms with Gasteiger partial charge < -0.3 is 4.42 Å². The van der Waals surface area contributed by atoms with Crippen molar-refractivity contribution >= 4 is 66.4 Å². The molecule has 0 amide bonds. The van der Waals surface area contributed by atoms with Crippen LogP contribution in [0.5, 0.6) is 0 Å². The van der Waals surface area contributed by atoms with Crippen molar-refractivity contribution in [2.75, 3.05) is 0 Å². The van der Waals surface area contributed by atoms with Crippen LogP contribution in [0.1, 0.15) is 18.1 Å². The first-order valence-corrected chi connectivity index (χ1v) is 14.4. The van der Waals surface area contributed by atoms with E-state index in [2.05, 4.69) is 134 Å². The zero-order valence-corrected chi connectivity index (χ0v) is 23.4. The van der Waals surface area contributed by atoms with Gasteiger partial charge in [-0.3, -0.25) is 0 Å². The highest BCUT2D eigenvalue weighted by atomic mass is 16.3. The fraction of sp³-hybridized carbons (Fsp3) is 0.0244. The topological polar surface area (TPSA) is 13.1 Å². The summed E-state index contributed by atoms with van der Waals surface area (Å²) in [4.78, 5) is 0. The summed E-state index contributed by atoms with van der Waals surface area (Å²) >= 11 is 0. The number of benzene rings is 7. The largest absolute Gasteiger partial charge is 0.455 e. The van der Waals surface area contributed by atoms with Gasteiger partial charge in [0.15, 0.2) is 0 Å². The second kappa shape index (κ2) is 9.61. The number of furan rings is 1. The molecule has 0 unspecified atom stereocenters. The summed E-state index contributed by atoms with van der Waals surface area (Å²) in [5.41, 5.74) is 8.84. The van der Waals surface area contributed by atoms with E-state index >= 15 is 0 Å². The van der Waals surface area contributed by atoms with Gasteiger partial charge in [0, 0.05) is 16.3 Å². The van der Waals surface area contributed by atoms with Gasteiger partial charge in [-0.1, -0.05) is 122 Å². The first-order chi connectivity index (χ1) is 20.7. The van der Waals surface area contributed by atoms with Crippen LogP contribution < -0.4 is 0 Å². The fourth-order valence-corrected chi connectivity index (χ4v) is 6.66. The molecule has 1 nitrogen and oxygen atoms in total. The minimum absolute atomic E-state index is 0.883. The molecule has 0 aliphatic rings. The van der Waals surface area contributed by atoms with Crippen molar-refractivity contribution in [3.8, 4) is 22.3 Å². The van der Waals surface area contributed by atoms with Crippen LogP contribution in [-0.4, -0.2) is 0 Å². The highest BCUT2D eigenvalue weighted by Crippen LogP contribution is 2.45. The quantitative estimate of drug-likeness (QED) is 0.204. The highest BCUT2D eigenvalue weighted by Gasteiger charge is 2.18. The maximum absolute atomic E-state index is 6.43. The molecule has 8 aromatic rings. The number of hydrogen-bond acceptors (Lipinski definition) is 1. The lowest BCUT2D eigenvalue weighted by Gasteiger charge is -2.18. The van der Waals surface area contributed by atoms with Gasteiger partial charge in [0.1, 0.15) is 11.2 Å². The molecule has 0 bridgehead atoms. The van der Waals surface area contributed by atoms with Crippen LogP contribution >= 0.6 is 0 Å². The molecule has 0 atom stereocenters. The van der Waals surface area contributed by atoms with E-state index in [1.807, 2.05) is 19.1 Å². The van der Waals surface area contributed by atoms with E-state index in [-0.39, 0.29) is 0 Å². The van der Waals surface area contributed by atoms with Crippen LogP contribution in [-0.2, 0) is 0 Å². The van der Waals surface area contributed by atoms with Gasteiger partial charge in [-0.15, -0.1) is 0 Å². The van der Waals surface area contributed by atoms with Gasteiger partial charge in [-0.2, -0.15) is 0 Å². The SMILES string of the molecule is C=Cc1c(/C=C\C)ccc2c1oc1ccc(-c3c4ccccc4c(-c4ccc5ccccc5c4)c4ccccc34)cc12. The third kappa shape index (κ3) is 3.64. The first kappa shape index (κ1) is 24.4. The average Bonchev–Trinajstić information content (AvgIpc) is 3.41. The second-order valence-electron chi connectivity index (χ2n) is 10.9. The van der Waals surface area contributed by atoms with Crippen LogP contribution in [0.15, 0.2) is 138 Å². The Balaban J connectivity index is 1.43. The van der Waals surface area contributed by atoms with Crippen LogP contribution in [0.4, 0.5) is 0 Å². The molecule has 42 heavy (non-hydrogen) atoms. The second-order valence-corrected chi connectivity index (χ2v) is 10.9. The number of rotatable bonds is 4. The van der Waals surface area contributed by atoms with E-state index in [0.29, 0.717) is 0 Å². The molecule has 0 fully saturated rings. The normalized spacial score (nSPS) is 11.9. The van der Waals surface area contributed by atoms with Crippen molar-refractivity contribution in [3.63, 3.8) is 0 Å². The van der Waals surface area contributed by atoms with Crippen molar-refractivity contribution in [2.24, 2.45) is 0 Å². The minimum atomic E-state index is 0.883. The van der Waals surface area contributed by atoms with Gasteiger partial charge in [0.25, 0.3) is 0 Å². The van der Waals surface area contributed by atoms with Gasteiger partial charge in [-0.25, -0.2) is 0 Å². The van der Waals surface area contributed by atoms with Crippen molar-refractivity contribution in [1.29, 1.82) is 0 Å².